The Balaban J connectivity index is 1.58. The van der Waals surface area contributed by atoms with Crippen LogP contribution in [0.3, 0.4) is 0 Å². The van der Waals surface area contributed by atoms with Crippen molar-refractivity contribution in [3.05, 3.63) is 53.7 Å². The maximum Gasteiger partial charge on any atom is 0.251 e. The topological polar surface area (TPSA) is 51.7 Å². The third kappa shape index (κ3) is 4.77. The summed E-state index contributed by atoms with van der Waals surface area (Å²) in [7, 11) is 3.90. The lowest BCUT2D eigenvalue weighted by molar-refractivity contribution is 0.0951. The summed E-state index contributed by atoms with van der Waals surface area (Å²) in [5.41, 5.74) is 2.87. The second-order valence-electron chi connectivity index (χ2n) is 7.03. The lowest BCUT2D eigenvalue weighted by Gasteiger charge is -2.35. The smallest absolute Gasteiger partial charge is 0.251 e. The van der Waals surface area contributed by atoms with Gasteiger partial charge in [0, 0.05) is 69.8 Å². The van der Waals surface area contributed by atoms with Crippen LogP contribution in [-0.4, -0.2) is 62.6 Å². The Morgan fingerprint density at radius 3 is 2.44 bits per heavy atom. The van der Waals surface area contributed by atoms with E-state index in [-0.39, 0.29) is 5.91 Å². The number of carbonyl (C=O) groups excluding carboxylic acids is 1. The molecule has 0 saturated carbocycles. The van der Waals surface area contributed by atoms with Crippen molar-refractivity contribution in [3.63, 3.8) is 0 Å². The SMILES string of the molecule is CCN1CCN(c2ccc(C(=O)NCc3cccnc3N(C)C)cc2)CC1. The van der Waals surface area contributed by atoms with Gasteiger partial charge in [0.15, 0.2) is 0 Å². The molecular weight excluding hydrogens is 338 g/mol. The van der Waals surface area contributed by atoms with Crippen molar-refractivity contribution >= 4 is 17.4 Å². The standard InChI is InChI=1S/C21H29N5O/c1-4-25-12-14-26(15-13-25)19-9-7-17(8-10-19)21(27)23-16-18-6-5-11-22-20(18)24(2)3/h5-11H,4,12-16H2,1-3H3,(H,23,27). The van der Waals surface area contributed by atoms with E-state index in [1.165, 1.54) is 5.69 Å². The molecule has 1 aliphatic heterocycles. The number of pyridine rings is 1. The summed E-state index contributed by atoms with van der Waals surface area (Å²) < 4.78 is 0. The molecule has 0 spiro atoms. The van der Waals surface area contributed by atoms with Crippen LogP contribution in [0, 0.1) is 0 Å². The second kappa shape index (κ2) is 8.86. The highest BCUT2D eigenvalue weighted by Crippen LogP contribution is 2.18. The number of benzene rings is 1. The first-order valence-corrected chi connectivity index (χ1v) is 9.55. The first-order chi connectivity index (χ1) is 13.1. The van der Waals surface area contributed by atoms with Gasteiger partial charge in [-0.05, 0) is 36.9 Å². The molecule has 0 aliphatic carbocycles. The predicted molar refractivity (Wildman–Crippen MR) is 111 cm³/mol. The Labute approximate surface area is 161 Å². The minimum Gasteiger partial charge on any atom is -0.369 e. The van der Waals surface area contributed by atoms with Gasteiger partial charge < -0.3 is 20.0 Å². The lowest BCUT2D eigenvalue weighted by atomic mass is 10.1. The van der Waals surface area contributed by atoms with E-state index in [9.17, 15) is 4.79 Å². The average molecular weight is 367 g/mol. The number of piperazine rings is 1. The fourth-order valence-corrected chi connectivity index (χ4v) is 3.39. The highest BCUT2D eigenvalue weighted by Gasteiger charge is 2.16. The summed E-state index contributed by atoms with van der Waals surface area (Å²) in [5, 5.41) is 3.00. The largest absolute Gasteiger partial charge is 0.369 e. The summed E-state index contributed by atoms with van der Waals surface area (Å²) in [6, 6.07) is 11.8. The van der Waals surface area contributed by atoms with Crippen LogP contribution in [0.15, 0.2) is 42.6 Å². The van der Waals surface area contributed by atoms with E-state index in [1.54, 1.807) is 6.20 Å². The third-order valence-corrected chi connectivity index (χ3v) is 5.04. The fraction of sp³-hybridized carbons (Fsp3) is 0.429. The van der Waals surface area contributed by atoms with Crippen LogP contribution >= 0.6 is 0 Å². The van der Waals surface area contributed by atoms with Crippen LogP contribution in [0.4, 0.5) is 11.5 Å². The number of likely N-dealkylation sites (N-methyl/N-ethyl adjacent to an activating group) is 1. The number of rotatable bonds is 6. The zero-order chi connectivity index (χ0) is 19.2. The monoisotopic (exact) mass is 367 g/mol. The number of anilines is 2. The predicted octanol–water partition coefficient (Wildman–Crippen LogP) is 2.22. The van der Waals surface area contributed by atoms with Crippen LogP contribution < -0.4 is 15.1 Å². The Hall–Kier alpha value is -2.60. The van der Waals surface area contributed by atoms with Gasteiger partial charge in [-0.25, -0.2) is 4.98 Å². The maximum atomic E-state index is 12.5. The number of hydrogen-bond donors (Lipinski definition) is 1. The van der Waals surface area contributed by atoms with E-state index in [0.29, 0.717) is 12.1 Å². The van der Waals surface area contributed by atoms with Crippen molar-refractivity contribution in [1.29, 1.82) is 0 Å². The van der Waals surface area contributed by atoms with Gasteiger partial charge in [-0.2, -0.15) is 0 Å². The number of amides is 1. The third-order valence-electron chi connectivity index (χ3n) is 5.04. The molecule has 1 amide bonds. The molecule has 144 valence electrons. The molecular formula is C21H29N5O. The zero-order valence-corrected chi connectivity index (χ0v) is 16.5. The highest BCUT2D eigenvalue weighted by molar-refractivity contribution is 5.94. The van der Waals surface area contributed by atoms with E-state index in [1.807, 2.05) is 55.4 Å². The van der Waals surface area contributed by atoms with Crippen molar-refractivity contribution in [2.45, 2.75) is 13.5 Å². The Kier molecular flexibility index (Phi) is 6.29. The molecule has 3 rings (SSSR count). The highest BCUT2D eigenvalue weighted by atomic mass is 16.1. The molecule has 6 heteroatoms. The minimum absolute atomic E-state index is 0.0640. The van der Waals surface area contributed by atoms with Gasteiger partial charge >= 0.3 is 0 Å². The molecule has 1 aromatic heterocycles. The molecule has 0 bridgehead atoms. The van der Waals surface area contributed by atoms with E-state index in [4.69, 9.17) is 0 Å². The van der Waals surface area contributed by atoms with E-state index < -0.39 is 0 Å². The van der Waals surface area contributed by atoms with Crippen molar-refractivity contribution in [2.75, 3.05) is 56.6 Å². The minimum atomic E-state index is -0.0640. The molecule has 0 atom stereocenters. The van der Waals surface area contributed by atoms with Gasteiger partial charge in [0.1, 0.15) is 5.82 Å². The van der Waals surface area contributed by atoms with Crippen LogP contribution in [0.5, 0.6) is 0 Å². The van der Waals surface area contributed by atoms with Crippen LogP contribution in [-0.2, 0) is 6.54 Å². The molecule has 1 N–H and O–H groups in total. The Morgan fingerprint density at radius 2 is 1.81 bits per heavy atom. The fourth-order valence-electron chi connectivity index (χ4n) is 3.39. The molecule has 0 unspecified atom stereocenters. The molecule has 0 radical (unpaired) electrons. The Morgan fingerprint density at radius 1 is 1.11 bits per heavy atom. The van der Waals surface area contributed by atoms with Gasteiger partial charge in [-0.15, -0.1) is 0 Å². The number of nitrogens with zero attached hydrogens (tertiary/aromatic N) is 4. The summed E-state index contributed by atoms with van der Waals surface area (Å²) in [5.74, 6) is 0.810. The van der Waals surface area contributed by atoms with Gasteiger partial charge in [-0.1, -0.05) is 13.0 Å². The molecule has 27 heavy (non-hydrogen) atoms. The number of nitrogens with one attached hydrogen (secondary N) is 1. The number of hydrogen-bond acceptors (Lipinski definition) is 5. The molecule has 2 heterocycles. The molecule has 6 nitrogen and oxygen atoms in total. The van der Waals surface area contributed by atoms with E-state index in [2.05, 4.69) is 27.0 Å². The molecule has 2 aromatic rings. The summed E-state index contributed by atoms with van der Waals surface area (Å²) >= 11 is 0. The second-order valence-corrected chi connectivity index (χ2v) is 7.03. The van der Waals surface area contributed by atoms with Gasteiger partial charge in [0.2, 0.25) is 0 Å². The van der Waals surface area contributed by atoms with Crippen LogP contribution in [0.25, 0.3) is 0 Å². The van der Waals surface area contributed by atoms with Crippen molar-refractivity contribution in [1.82, 2.24) is 15.2 Å². The van der Waals surface area contributed by atoms with E-state index >= 15 is 0 Å². The maximum absolute atomic E-state index is 12.5. The molecule has 1 aliphatic rings. The molecule has 1 saturated heterocycles. The lowest BCUT2D eigenvalue weighted by Crippen LogP contribution is -2.46. The van der Waals surface area contributed by atoms with Gasteiger partial charge in [-0.3, -0.25) is 4.79 Å². The van der Waals surface area contributed by atoms with Crippen molar-refractivity contribution in [2.24, 2.45) is 0 Å². The number of aromatic nitrogens is 1. The van der Waals surface area contributed by atoms with Gasteiger partial charge in [0.25, 0.3) is 5.91 Å². The van der Waals surface area contributed by atoms with Gasteiger partial charge in [0.05, 0.1) is 0 Å². The van der Waals surface area contributed by atoms with Crippen molar-refractivity contribution < 1.29 is 4.79 Å². The number of carbonyl (C=O) groups is 1. The summed E-state index contributed by atoms with van der Waals surface area (Å²) in [6.45, 7) is 8.04. The zero-order valence-electron chi connectivity index (χ0n) is 16.5. The molecule has 1 fully saturated rings. The van der Waals surface area contributed by atoms with E-state index in [0.717, 1.165) is 44.1 Å². The first-order valence-electron chi connectivity index (χ1n) is 9.55. The Bertz CT molecular complexity index is 751. The quantitative estimate of drug-likeness (QED) is 0.848. The average Bonchev–Trinajstić information content (AvgIpc) is 2.72. The molecule has 1 aromatic carbocycles. The summed E-state index contributed by atoms with van der Waals surface area (Å²) in [4.78, 5) is 23.7. The van der Waals surface area contributed by atoms with Crippen LogP contribution in [0.1, 0.15) is 22.8 Å². The van der Waals surface area contributed by atoms with Crippen molar-refractivity contribution in [3.8, 4) is 0 Å². The van der Waals surface area contributed by atoms with Crippen LogP contribution in [0.2, 0.25) is 0 Å². The normalized spacial score (nSPS) is 14.9. The first kappa shape index (κ1) is 19.2. The summed E-state index contributed by atoms with van der Waals surface area (Å²) in [6.07, 6.45) is 1.76.